The highest BCUT2D eigenvalue weighted by atomic mass is 79.9. The summed E-state index contributed by atoms with van der Waals surface area (Å²) in [5.41, 5.74) is 2.32. The lowest BCUT2D eigenvalue weighted by Gasteiger charge is -2.37. The molecule has 0 fully saturated rings. The Bertz CT molecular complexity index is 902. The highest BCUT2D eigenvalue weighted by Gasteiger charge is 2.34. The van der Waals surface area contributed by atoms with E-state index in [1.807, 2.05) is 12.1 Å². The van der Waals surface area contributed by atoms with Gasteiger partial charge in [-0.25, -0.2) is 0 Å². The van der Waals surface area contributed by atoms with Crippen LogP contribution in [0.4, 0.5) is 0 Å². The van der Waals surface area contributed by atoms with Crippen LogP contribution in [0.2, 0.25) is 0 Å². The maximum absolute atomic E-state index is 13.2. The van der Waals surface area contributed by atoms with Crippen LogP contribution in [0, 0.1) is 0 Å². The lowest BCUT2D eigenvalue weighted by molar-refractivity contribution is -0.141. The zero-order chi connectivity index (χ0) is 20.3. The van der Waals surface area contributed by atoms with Crippen LogP contribution >= 0.6 is 15.9 Å². The number of esters is 1. The molecule has 0 N–H and O–H groups in total. The molecule has 148 valence electrons. The van der Waals surface area contributed by atoms with E-state index in [1.54, 1.807) is 31.4 Å². The number of halogens is 1. The number of amides is 1. The van der Waals surface area contributed by atoms with Crippen molar-refractivity contribution in [3.63, 3.8) is 0 Å². The van der Waals surface area contributed by atoms with Crippen molar-refractivity contribution in [2.75, 3.05) is 27.9 Å². The number of hydrogen-bond donors (Lipinski definition) is 0. The van der Waals surface area contributed by atoms with E-state index < -0.39 is 12.0 Å². The summed E-state index contributed by atoms with van der Waals surface area (Å²) in [4.78, 5) is 31.0. The van der Waals surface area contributed by atoms with Gasteiger partial charge in [0.15, 0.2) is 11.5 Å². The van der Waals surface area contributed by atoms with Crippen LogP contribution in [-0.4, -0.2) is 49.6 Å². The van der Waals surface area contributed by atoms with Gasteiger partial charge in [-0.3, -0.25) is 14.6 Å². The molecule has 0 unspecified atom stereocenters. The molecule has 3 rings (SSSR count). The van der Waals surface area contributed by atoms with Gasteiger partial charge in [0.1, 0.15) is 0 Å². The van der Waals surface area contributed by atoms with Crippen LogP contribution in [-0.2, 0) is 16.0 Å². The van der Waals surface area contributed by atoms with Crippen molar-refractivity contribution in [2.45, 2.75) is 18.9 Å². The lowest BCUT2D eigenvalue weighted by atomic mass is 9.89. The molecule has 7 nitrogen and oxygen atoms in total. The van der Waals surface area contributed by atoms with E-state index in [9.17, 15) is 9.59 Å². The summed E-state index contributed by atoms with van der Waals surface area (Å²) in [6.07, 6.45) is 3.82. The SMILES string of the molecule is COC(=O)C[C@@H]1c2cc(OC)c(OC)cc2CCN1C(=O)c1cncc(Br)c1. The molecule has 0 saturated heterocycles. The highest BCUT2D eigenvalue weighted by Crippen LogP contribution is 2.40. The third kappa shape index (κ3) is 3.96. The van der Waals surface area contributed by atoms with E-state index in [0.717, 1.165) is 11.1 Å². The first-order valence-corrected chi connectivity index (χ1v) is 9.51. The molecule has 1 aromatic heterocycles. The molecule has 8 heteroatoms. The molecule has 1 aliphatic rings. The quantitative estimate of drug-likeness (QED) is 0.653. The second-order valence-electron chi connectivity index (χ2n) is 6.34. The zero-order valence-electron chi connectivity index (χ0n) is 15.9. The molecular weight excluding hydrogens is 428 g/mol. The number of methoxy groups -OCH3 is 3. The molecule has 0 radical (unpaired) electrons. The van der Waals surface area contributed by atoms with Crippen molar-refractivity contribution < 1.29 is 23.8 Å². The fourth-order valence-electron chi connectivity index (χ4n) is 3.43. The Morgan fingerprint density at radius 2 is 1.86 bits per heavy atom. The minimum absolute atomic E-state index is 0.0478. The molecule has 0 saturated carbocycles. The monoisotopic (exact) mass is 448 g/mol. The number of carbonyl (C=O) groups excluding carboxylic acids is 2. The molecule has 1 atom stereocenters. The van der Waals surface area contributed by atoms with E-state index in [0.29, 0.717) is 34.5 Å². The number of nitrogens with zero attached hydrogens (tertiary/aromatic N) is 2. The lowest BCUT2D eigenvalue weighted by Crippen LogP contribution is -2.41. The first-order valence-electron chi connectivity index (χ1n) is 8.71. The van der Waals surface area contributed by atoms with Crippen molar-refractivity contribution in [1.82, 2.24) is 9.88 Å². The molecule has 0 spiro atoms. The third-order valence-corrected chi connectivity index (χ3v) is 5.24. The summed E-state index contributed by atoms with van der Waals surface area (Å²) in [5.74, 6) is 0.588. The number of fused-ring (bicyclic) bond motifs is 1. The molecular formula is C20H21BrN2O5. The number of ether oxygens (including phenoxy) is 3. The van der Waals surface area contributed by atoms with Crippen LogP contribution < -0.4 is 9.47 Å². The first-order chi connectivity index (χ1) is 13.5. The maximum atomic E-state index is 13.2. The maximum Gasteiger partial charge on any atom is 0.307 e. The van der Waals surface area contributed by atoms with Crippen LogP contribution in [0.15, 0.2) is 35.1 Å². The highest BCUT2D eigenvalue weighted by molar-refractivity contribution is 9.10. The summed E-state index contributed by atoms with van der Waals surface area (Å²) in [6.45, 7) is 0.468. The summed E-state index contributed by atoms with van der Waals surface area (Å²) < 4.78 is 16.4. The summed E-state index contributed by atoms with van der Waals surface area (Å²) >= 11 is 3.34. The Morgan fingerprint density at radius 3 is 2.50 bits per heavy atom. The smallest absolute Gasteiger partial charge is 0.307 e. The predicted octanol–water partition coefficient (Wildman–Crippen LogP) is 3.16. The minimum Gasteiger partial charge on any atom is -0.493 e. The van der Waals surface area contributed by atoms with Gasteiger partial charge in [0.25, 0.3) is 5.91 Å². The Kier molecular flexibility index (Phi) is 6.18. The van der Waals surface area contributed by atoms with E-state index in [1.165, 1.54) is 13.3 Å². The van der Waals surface area contributed by atoms with E-state index in [4.69, 9.17) is 14.2 Å². The van der Waals surface area contributed by atoms with Gasteiger partial charge in [0, 0.05) is 23.4 Å². The summed E-state index contributed by atoms with van der Waals surface area (Å²) in [5, 5.41) is 0. The van der Waals surface area contributed by atoms with Gasteiger partial charge in [-0.05, 0) is 51.7 Å². The van der Waals surface area contributed by atoms with E-state index in [2.05, 4.69) is 20.9 Å². The van der Waals surface area contributed by atoms with Crippen LogP contribution in [0.3, 0.4) is 0 Å². The second kappa shape index (κ2) is 8.60. The Labute approximate surface area is 171 Å². The fourth-order valence-corrected chi connectivity index (χ4v) is 3.79. The Morgan fingerprint density at radius 1 is 1.14 bits per heavy atom. The van der Waals surface area contributed by atoms with Gasteiger partial charge in [-0.2, -0.15) is 0 Å². The average Bonchev–Trinajstić information content (AvgIpc) is 2.72. The number of hydrogen-bond acceptors (Lipinski definition) is 6. The molecule has 2 heterocycles. The van der Waals surface area contributed by atoms with E-state index in [-0.39, 0.29) is 12.3 Å². The van der Waals surface area contributed by atoms with Gasteiger partial charge in [0.05, 0.1) is 39.4 Å². The van der Waals surface area contributed by atoms with Crippen molar-refractivity contribution in [3.05, 3.63) is 51.8 Å². The summed E-state index contributed by atoms with van der Waals surface area (Å²) in [7, 11) is 4.47. The average molecular weight is 449 g/mol. The zero-order valence-corrected chi connectivity index (χ0v) is 17.5. The van der Waals surface area contributed by atoms with Gasteiger partial charge in [-0.1, -0.05) is 0 Å². The normalized spacial score (nSPS) is 15.6. The molecule has 28 heavy (non-hydrogen) atoms. The standard InChI is InChI=1S/C20H21BrN2O5/c1-26-17-7-12-4-5-23(20(25)13-6-14(21)11-22-10-13)16(9-19(24)28-3)15(12)8-18(17)27-2/h6-8,10-11,16H,4-5,9H2,1-3H3/t16-/m1/s1. The first kappa shape index (κ1) is 20.1. The van der Waals surface area contributed by atoms with Crippen molar-refractivity contribution >= 4 is 27.8 Å². The number of aromatic nitrogens is 1. The van der Waals surface area contributed by atoms with Gasteiger partial charge in [-0.15, -0.1) is 0 Å². The van der Waals surface area contributed by atoms with Crippen LogP contribution in [0.1, 0.15) is 33.9 Å². The molecule has 1 aromatic carbocycles. The largest absolute Gasteiger partial charge is 0.493 e. The van der Waals surface area contributed by atoms with Crippen molar-refractivity contribution in [2.24, 2.45) is 0 Å². The number of benzene rings is 1. The minimum atomic E-state index is -0.470. The number of rotatable bonds is 5. The van der Waals surface area contributed by atoms with Gasteiger partial charge < -0.3 is 19.1 Å². The Hall–Kier alpha value is -2.61. The van der Waals surface area contributed by atoms with Crippen molar-refractivity contribution in [1.29, 1.82) is 0 Å². The molecule has 0 aliphatic carbocycles. The molecule has 1 amide bonds. The van der Waals surface area contributed by atoms with Crippen LogP contribution in [0.5, 0.6) is 11.5 Å². The second-order valence-corrected chi connectivity index (χ2v) is 7.26. The number of carbonyl (C=O) groups is 2. The van der Waals surface area contributed by atoms with Gasteiger partial charge >= 0.3 is 5.97 Å². The molecule has 0 bridgehead atoms. The summed E-state index contributed by atoms with van der Waals surface area (Å²) in [6, 6.07) is 4.98. The topological polar surface area (TPSA) is 78.0 Å². The van der Waals surface area contributed by atoms with Crippen LogP contribution in [0.25, 0.3) is 0 Å². The Balaban J connectivity index is 2.04. The fraction of sp³-hybridized carbons (Fsp3) is 0.350. The molecule has 2 aromatic rings. The number of pyridine rings is 1. The van der Waals surface area contributed by atoms with Crippen molar-refractivity contribution in [3.8, 4) is 11.5 Å². The predicted molar refractivity (Wildman–Crippen MR) is 106 cm³/mol. The van der Waals surface area contributed by atoms with Gasteiger partial charge in [0.2, 0.25) is 0 Å². The third-order valence-electron chi connectivity index (χ3n) is 4.80. The van der Waals surface area contributed by atoms with E-state index >= 15 is 0 Å². The molecule has 1 aliphatic heterocycles.